The molecule has 1 aliphatic heterocycles. The molecule has 3 nitrogen and oxygen atoms in total. The van der Waals surface area contributed by atoms with E-state index in [0.29, 0.717) is 16.9 Å². The first-order valence-electron chi connectivity index (χ1n) is 13.9. The van der Waals surface area contributed by atoms with E-state index in [2.05, 4.69) is 24.8 Å². The molecule has 6 rings (SSSR count). The normalized spacial score (nSPS) is 46.6. The third-order valence-corrected chi connectivity index (χ3v) is 11.5. The summed E-state index contributed by atoms with van der Waals surface area (Å²) >= 11 is 0. The molecule has 5 aliphatic rings. The summed E-state index contributed by atoms with van der Waals surface area (Å²) in [5, 5.41) is 0. The van der Waals surface area contributed by atoms with Gasteiger partial charge in [0.1, 0.15) is 0 Å². The van der Waals surface area contributed by atoms with Crippen molar-refractivity contribution in [3.63, 3.8) is 0 Å². The summed E-state index contributed by atoms with van der Waals surface area (Å²) in [6, 6.07) is 2.24. The topological polar surface area (TPSA) is 25.6 Å². The van der Waals surface area contributed by atoms with Gasteiger partial charge >= 0.3 is 0 Å². The van der Waals surface area contributed by atoms with E-state index in [0.717, 1.165) is 42.7 Å². The van der Waals surface area contributed by atoms with Crippen LogP contribution in [0.3, 0.4) is 0 Å². The van der Waals surface area contributed by atoms with Crippen LogP contribution in [0.25, 0.3) is 0 Å². The summed E-state index contributed by atoms with van der Waals surface area (Å²) in [7, 11) is 0. The highest BCUT2D eigenvalue weighted by molar-refractivity contribution is 5.22. The molecule has 0 N–H and O–H groups in total. The molecule has 0 amide bonds. The number of furan rings is 1. The first kappa shape index (κ1) is 21.7. The van der Waals surface area contributed by atoms with Crippen molar-refractivity contribution in [2.45, 2.75) is 96.5 Å². The SMILES string of the molecule is C[C@]12CCC(OCCN3CCCC3)C[C@H]1CC[C@@H]1[C@@H]2CC[C@]2(C)[C@@H](c3ccoc3)CC[C@@H]12. The van der Waals surface area contributed by atoms with Crippen molar-refractivity contribution < 1.29 is 9.15 Å². The van der Waals surface area contributed by atoms with Gasteiger partial charge in [-0.1, -0.05) is 13.8 Å². The number of ether oxygens (including phenoxy) is 1. The van der Waals surface area contributed by atoms with Gasteiger partial charge in [-0.05, 0) is 136 Å². The lowest BCUT2D eigenvalue weighted by atomic mass is 9.44. The molecule has 178 valence electrons. The maximum absolute atomic E-state index is 6.47. The van der Waals surface area contributed by atoms with Crippen LogP contribution < -0.4 is 0 Å². The predicted octanol–water partition coefficient (Wildman–Crippen LogP) is 6.89. The van der Waals surface area contributed by atoms with Gasteiger partial charge in [0.2, 0.25) is 0 Å². The second-order valence-electron chi connectivity index (χ2n) is 12.7. The lowest BCUT2D eigenvalue weighted by Gasteiger charge is -2.61. The largest absolute Gasteiger partial charge is 0.472 e. The molecule has 2 heterocycles. The standard InChI is InChI=1S/C29H45NO2/c1-28-12-9-23(32-18-16-30-14-3-4-15-30)19-22(28)5-6-24-26-8-7-25(21-11-17-31-20-21)29(26,2)13-10-27(24)28/h11,17,20,22-27H,3-10,12-16,18-19H2,1-2H3/t22-,23?,24+,25-,26+,27+,28+,29-/m1/s1. The number of fused-ring (bicyclic) bond motifs is 5. The lowest BCUT2D eigenvalue weighted by molar-refractivity contribution is -0.132. The third kappa shape index (κ3) is 3.52. The van der Waals surface area contributed by atoms with Crippen LogP contribution >= 0.6 is 0 Å². The Balaban J connectivity index is 1.10. The highest BCUT2D eigenvalue weighted by Gasteiger charge is 2.60. The van der Waals surface area contributed by atoms with Gasteiger partial charge in [0.15, 0.2) is 0 Å². The molecule has 1 aromatic rings. The maximum atomic E-state index is 6.47. The van der Waals surface area contributed by atoms with E-state index >= 15 is 0 Å². The van der Waals surface area contributed by atoms with Crippen LogP contribution in [0.1, 0.15) is 96.0 Å². The molecule has 0 bridgehead atoms. The molecule has 1 unspecified atom stereocenters. The molecule has 0 aromatic carbocycles. The van der Waals surface area contributed by atoms with E-state index < -0.39 is 0 Å². The summed E-state index contributed by atoms with van der Waals surface area (Å²) in [4.78, 5) is 2.59. The summed E-state index contributed by atoms with van der Waals surface area (Å²) < 4.78 is 12.0. The Hall–Kier alpha value is -0.800. The van der Waals surface area contributed by atoms with Crippen molar-refractivity contribution in [3.05, 3.63) is 24.2 Å². The van der Waals surface area contributed by atoms with Crippen LogP contribution in [0, 0.1) is 34.5 Å². The molecule has 1 aromatic heterocycles. The minimum Gasteiger partial charge on any atom is -0.472 e. The second-order valence-corrected chi connectivity index (χ2v) is 12.7. The van der Waals surface area contributed by atoms with Gasteiger partial charge in [0, 0.05) is 6.54 Å². The minimum atomic E-state index is 0.490. The molecular formula is C29H45NO2. The highest BCUT2D eigenvalue weighted by Crippen LogP contribution is 2.69. The van der Waals surface area contributed by atoms with E-state index in [1.54, 1.807) is 0 Å². The number of hydrogen-bond acceptors (Lipinski definition) is 3. The van der Waals surface area contributed by atoms with Gasteiger partial charge in [-0.15, -0.1) is 0 Å². The summed E-state index contributed by atoms with van der Waals surface area (Å²) in [6.07, 6.45) is 19.9. The van der Waals surface area contributed by atoms with E-state index in [4.69, 9.17) is 9.15 Å². The molecule has 0 spiro atoms. The van der Waals surface area contributed by atoms with Gasteiger partial charge < -0.3 is 14.1 Å². The van der Waals surface area contributed by atoms with Gasteiger partial charge in [0.05, 0.1) is 25.2 Å². The van der Waals surface area contributed by atoms with Crippen molar-refractivity contribution in [1.82, 2.24) is 4.90 Å². The van der Waals surface area contributed by atoms with Crippen molar-refractivity contribution in [3.8, 4) is 0 Å². The fraction of sp³-hybridized carbons (Fsp3) is 0.862. The first-order valence-corrected chi connectivity index (χ1v) is 13.9. The molecule has 1 saturated heterocycles. The van der Waals surface area contributed by atoms with E-state index in [9.17, 15) is 0 Å². The van der Waals surface area contributed by atoms with Gasteiger partial charge in [-0.2, -0.15) is 0 Å². The quantitative estimate of drug-likeness (QED) is 0.500. The molecular weight excluding hydrogens is 394 g/mol. The molecule has 0 radical (unpaired) electrons. The Labute approximate surface area is 195 Å². The fourth-order valence-corrected chi connectivity index (χ4v) is 9.75. The van der Waals surface area contributed by atoms with Crippen molar-refractivity contribution in [2.24, 2.45) is 34.5 Å². The first-order chi connectivity index (χ1) is 15.6. The van der Waals surface area contributed by atoms with Crippen LogP contribution in [0.2, 0.25) is 0 Å². The van der Waals surface area contributed by atoms with Crippen LogP contribution in [0.15, 0.2) is 23.0 Å². The maximum Gasteiger partial charge on any atom is 0.0937 e. The Morgan fingerprint density at radius 2 is 1.78 bits per heavy atom. The Bertz CT molecular complexity index is 770. The molecule has 3 heteroatoms. The number of likely N-dealkylation sites (tertiary alicyclic amines) is 1. The zero-order valence-corrected chi connectivity index (χ0v) is 20.6. The zero-order chi connectivity index (χ0) is 21.8. The average molecular weight is 440 g/mol. The third-order valence-electron chi connectivity index (χ3n) is 11.5. The van der Waals surface area contributed by atoms with Crippen molar-refractivity contribution in [1.29, 1.82) is 0 Å². The van der Waals surface area contributed by atoms with Crippen LogP contribution in [-0.4, -0.2) is 37.2 Å². The second kappa shape index (κ2) is 8.45. The molecule has 4 aliphatic carbocycles. The monoisotopic (exact) mass is 439 g/mol. The van der Waals surface area contributed by atoms with Gasteiger partial charge in [0.25, 0.3) is 0 Å². The Morgan fingerprint density at radius 3 is 2.59 bits per heavy atom. The minimum absolute atomic E-state index is 0.490. The number of hydrogen-bond donors (Lipinski definition) is 0. The van der Waals surface area contributed by atoms with Gasteiger partial charge in [-0.3, -0.25) is 0 Å². The number of rotatable bonds is 5. The number of nitrogens with zero attached hydrogens (tertiary/aromatic N) is 1. The van der Waals surface area contributed by atoms with Crippen LogP contribution in [-0.2, 0) is 4.74 Å². The van der Waals surface area contributed by atoms with E-state index in [1.165, 1.54) is 89.3 Å². The van der Waals surface area contributed by atoms with Crippen molar-refractivity contribution >= 4 is 0 Å². The summed E-state index contributed by atoms with van der Waals surface area (Å²) in [5.41, 5.74) is 2.52. The van der Waals surface area contributed by atoms with E-state index in [-0.39, 0.29) is 0 Å². The Morgan fingerprint density at radius 1 is 0.969 bits per heavy atom. The molecule has 4 saturated carbocycles. The van der Waals surface area contributed by atoms with Crippen molar-refractivity contribution in [2.75, 3.05) is 26.2 Å². The summed E-state index contributed by atoms with van der Waals surface area (Å²) in [5.74, 6) is 4.45. The highest BCUT2D eigenvalue weighted by atomic mass is 16.5. The van der Waals surface area contributed by atoms with Gasteiger partial charge in [-0.25, -0.2) is 0 Å². The smallest absolute Gasteiger partial charge is 0.0937 e. The molecule has 8 atom stereocenters. The Kier molecular flexibility index (Phi) is 5.73. The van der Waals surface area contributed by atoms with Crippen LogP contribution in [0.4, 0.5) is 0 Å². The average Bonchev–Trinajstić information content (AvgIpc) is 3.54. The fourth-order valence-electron chi connectivity index (χ4n) is 9.75. The van der Waals surface area contributed by atoms with E-state index in [1.807, 2.05) is 12.5 Å². The predicted molar refractivity (Wildman–Crippen MR) is 129 cm³/mol. The lowest BCUT2D eigenvalue weighted by Crippen LogP contribution is -2.54. The molecule has 5 fully saturated rings. The summed E-state index contributed by atoms with van der Waals surface area (Å²) in [6.45, 7) is 10.0. The van der Waals surface area contributed by atoms with Crippen LogP contribution in [0.5, 0.6) is 0 Å². The molecule has 32 heavy (non-hydrogen) atoms. The zero-order valence-electron chi connectivity index (χ0n) is 20.6.